The van der Waals surface area contributed by atoms with Crippen LogP contribution >= 0.6 is 0 Å². The number of anilines is 3. The Morgan fingerprint density at radius 2 is 0.849 bits per heavy atom. The predicted molar refractivity (Wildman–Crippen MR) is 222 cm³/mol. The zero-order valence-corrected chi connectivity index (χ0v) is 28.7. The van der Waals surface area contributed by atoms with Crippen molar-refractivity contribution in [2.75, 3.05) is 4.90 Å². The molecule has 3 nitrogen and oxygen atoms in total. The third-order valence-electron chi connectivity index (χ3n) is 10.7. The summed E-state index contributed by atoms with van der Waals surface area (Å²) in [6.07, 6.45) is 0. The first-order valence-corrected chi connectivity index (χ1v) is 18.0. The SMILES string of the molecule is c1ccc(-c2ccc(N(c3ccc(-c4cccc5c4oc4ccccc45)cc3)c3ccc4c(ccc5ccc6c7ccccc7oc6c54)c3)cc2)cc1. The Bertz CT molecular complexity index is 3150. The summed E-state index contributed by atoms with van der Waals surface area (Å²) in [5, 5.41) is 9.19. The molecule has 3 heteroatoms. The molecule has 0 aliphatic carbocycles. The molecule has 2 heterocycles. The van der Waals surface area contributed by atoms with Gasteiger partial charge in [0.2, 0.25) is 0 Å². The van der Waals surface area contributed by atoms with Crippen molar-refractivity contribution in [2.45, 2.75) is 0 Å². The molecule has 2 aromatic heterocycles. The first kappa shape index (κ1) is 29.6. The van der Waals surface area contributed by atoms with E-state index in [9.17, 15) is 0 Å². The Morgan fingerprint density at radius 3 is 1.58 bits per heavy atom. The molecule has 0 saturated carbocycles. The molecular weight excluding hydrogens is 647 g/mol. The van der Waals surface area contributed by atoms with Crippen LogP contribution in [-0.2, 0) is 0 Å². The highest BCUT2D eigenvalue weighted by Crippen LogP contribution is 2.42. The molecule has 11 rings (SSSR count). The molecule has 53 heavy (non-hydrogen) atoms. The van der Waals surface area contributed by atoms with E-state index >= 15 is 0 Å². The first-order chi connectivity index (χ1) is 26.3. The van der Waals surface area contributed by atoms with Crippen LogP contribution in [0.1, 0.15) is 0 Å². The van der Waals surface area contributed by atoms with Crippen molar-refractivity contribution in [1.82, 2.24) is 0 Å². The van der Waals surface area contributed by atoms with Crippen LogP contribution in [0, 0.1) is 0 Å². The zero-order valence-electron chi connectivity index (χ0n) is 28.7. The van der Waals surface area contributed by atoms with Crippen molar-refractivity contribution >= 4 is 82.5 Å². The molecule has 0 aliphatic heterocycles. The second-order valence-electron chi connectivity index (χ2n) is 13.7. The highest BCUT2D eigenvalue weighted by Gasteiger charge is 2.18. The van der Waals surface area contributed by atoms with Gasteiger partial charge in [0.1, 0.15) is 22.3 Å². The van der Waals surface area contributed by atoms with E-state index in [4.69, 9.17) is 8.83 Å². The number of benzene rings is 9. The molecule has 11 aromatic rings. The maximum atomic E-state index is 6.51. The Morgan fingerprint density at radius 1 is 0.321 bits per heavy atom. The number of furan rings is 2. The van der Waals surface area contributed by atoms with Crippen LogP contribution in [-0.4, -0.2) is 0 Å². The summed E-state index contributed by atoms with van der Waals surface area (Å²) < 4.78 is 12.9. The van der Waals surface area contributed by atoms with Gasteiger partial charge in [0.05, 0.1) is 0 Å². The van der Waals surface area contributed by atoms with Crippen molar-refractivity contribution < 1.29 is 8.83 Å². The van der Waals surface area contributed by atoms with Crippen molar-refractivity contribution in [3.8, 4) is 22.3 Å². The summed E-state index contributed by atoms with van der Waals surface area (Å²) in [6, 6.07) is 66.8. The molecule has 248 valence electrons. The van der Waals surface area contributed by atoms with Gasteiger partial charge in [-0.3, -0.25) is 0 Å². The lowest BCUT2D eigenvalue weighted by molar-refractivity contribution is 0.670. The van der Waals surface area contributed by atoms with Gasteiger partial charge in [0.25, 0.3) is 0 Å². The van der Waals surface area contributed by atoms with Gasteiger partial charge in [0, 0.05) is 49.6 Å². The van der Waals surface area contributed by atoms with Crippen LogP contribution in [0.5, 0.6) is 0 Å². The summed E-state index contributed by atoms with van der Waals surface area (Å²) in [4.78, 5) is 2.34. The molecule has 0 saturated heterocycles. The van der Waals surface area contributed by atoms with Crippen molar-refractivity contribution in [2.24, 2.45) is 0 Å². The Hall–Kier alpha value is -7.10. The van der Waals surface area contributed by atoms with Gasteiger partial charge < -0.3 is 13.7 Å². The van der Waals surface area contributed by atoms with Gasteiger partial charge in [-0.1, -0.05) is 133 Å². The normalized spacial score (nSPS) is 11.8. The lowest BCUT2D eigenvalue weighted by atomic mass is 9.98. The Balaban J connectivity index is 1.06. The van der Waals surface area contributed by atoms with E-state index in [1.807, 2.05) is 24.3 Å². The summed E-state index contributed by atoms with van der Waals surface area (Å²) in [5.74, 6) is 0. The lowest BCUT2D eigenvalue weighted by Crippen LogP contribution is -2.09. The third-order valence-corrected chi connectivity index (χ3v) is 10.7. The molecule has 0 amide bonds. The van der Waals surface area contributed by atoms with E-state index < -0.39 is 0 Å². The number of fused-ring (bicyclic) bond motifs is 10. The highest BCUT2D eigenvalue weighted by molar-refractivity contribution is 6.23. The van der Waals surface area contributed by atoms with Gasteiger partial charge in [0.15, 0.2) is 0 Å². The van der Waals surface area contributed by atoms with Crippen molar-refractivity contribution in [1.29, 1.82) is 0 Å². The maximum absolute atomic E-state index is 6.51. The largest absolute Gasteiger partial charge is 0.455 e. The molecule has 0 fully saturated rings. The lowest BCUT2D eigenvalue weighted by Gasteiger charge is -2.26. The molecular formula is C50H31NO2. The van der Waals surface area contributed by atoms with E-state index in [1.54, 1.807) is 0 Å². The van der Waals surface area contributed by atoms with Crippen LogP contribution < -0.4 is 4.90 Å². The molecule has 0 radical (unpaired) electrons. The second kappa shape index (κ2) is 11.7. The van der Waals surface area contributed by atoms with Gasteiger partial charge in [-0.05, 0) is 87.4 Å². The number of rotatable bonds is 5. The summed E-state index contributed by atoms with van der Waals surface area (Å²) in [5.41, 5.74) is 11.5. The van der Waals surface area contributed by atoms with E-state index in [1.165, 1.54) is 21.9 Å². The fraction of sp³-hybridized carbons (Fsp3) is 0. The van der Waals surface area contributed by atoms with Gasteiger partial charge >= 0.3 is 0 Å². The van der Waals surface area contributed by atoms with Gasteiger partial charge in [-0.25, -0.2) is 0 Å². The smallest absolute Gasteiger partial charge is 0.143 e. The number of hydrogen-bond donors (Lipinski definition) is 0. The molecule has 0 unspecified atom stereocenters. The third kappa shape index (κ3) is 4.75. The minimum Gasteiger partial charge on any atom is -0.455 e. The fourth-order valence-electron chi connectivity index (χ4n) is 8.10. The summed E-state index contributed by atoms with van der Waals surface area (Å²) in [6.45, 7) is 0. The molecule has 0 atom stereocenters. The molecule has 0 N–H and O–H groups in total. The fourth-order valence-corrected chi connectivity index (χ4v) is 8.10. The zero-order chi connectivity index (χ0) is 34.9. The van der Waals surface area contributed by atoms with E-state index in [2.05, 4.69) is 169 Å². The van der Waals surface area contributed by atoms with Gasteiger partial charge in [-0.2, -0.15) is 0 Å². The summed E-state index contributed by atoms with van der Waals surface area (Å²) in [7, 11) is 0. The van der Waals surface area contributed by atoms with Crippen molar-refractivity contribution in [3.05, 3.63) is 188 Å². The van der Waals surface area contributed by atoms with Crippen LogP contribution in [0.3, 0.4) is 0 Å². The van der Waals surface area contributed by atoms with Crippen LogP contribution in [0.2, 0.25) is 0 Å². The standard InChI is InChI=1S/C50H31NO2/c1-2-9-32(10-3-1)33-19-24-37(25-20-33)51(38-26-21-34(22-27-38)41-13-8-14-44-42-11-4-6-15-46(42)52-49(41)44)39-28-30-40-36(31-39)18-17-35-23-29-45-43-12-5-7-16-47(43)53-50(45)48(35)40/h1-31H. The first-order valence-electron chi connectivity index (χ1n) is 18.0. The predicted octanol–water partition coefficient (Wildman–Crippen LogP) is 14.6. The quantitative estimate of drug-likeness (QED) is 0.170. The average Bonchev–Trinajstić information content (AvgIpc) is 3.80. The molecule has 0 aliphatic rings. The van der Waals surface area contributed by atoms with Crippen LogP contribution in [0.15, 0.2) is 197 Å². The minimum absolute atomic E-state index is 0.904. The monoisotopic (exact) mass is 677 g/mol. The number of para-hydroxylation sites is 3. The highest BCUT2D eigenvalue weighted by atomic mass is 16.3. The maximum Gasteiger partial charge on any atom is 0.143 e. The van der Waals surface area contributed by atoms with Crippen LogP contribution in [0.25, 0.3) is 87.7 Å². The molecule has 0 spiro atoms. The van der Waals surface area contributed by atoms with E-state index in [0.29, 0.717) is 0 Å². The Kier molecular flexibility index (Phi) is 6.55. The molecule has 9 aromatic carbocycles. The minimum atomic E-state index is 0.904. The topological polar surface area (TPSA) is 29.5 Å². The average molecular weight is 678 g/mol. The number of hydrogen-bond acceptors (Lipinski definition) is 3. The summed E-state index contributed by atoms with van der Waals surface area (Å²) >= 11 is 0. The number of nitrogens with zero attached hydrogens (tertiary/aromatic N) is 1. The second-order valence-corrected chi connectivity index (χ2v) is 13.7. The van der Waals surface area contributed by atoms with Crippen molar-refractivity contribution in [3.63, 3.8) is 0 Å². The van der Waals surface area contributed by atoms with E-state index in [0.717, 1.165) is 82.8 Å². The van der Waals surface area contributed by atoms with E-state index in [-0.39, 0.29) is 0 Å². The Labute approximate surface area is 305 Å². The van der Waals surface area contributed by atoms with Gasteiger partial charge in [-0.15, -0.1) is 0 Å². The molecule has 0 bridgehead atoms. The van der Waals surface area contributed by atoms with Crippen LogP contribution in [0.4, 0.5) is 17.1 Å².